The van der Waals surface area contributed by atoms with E-state index in [1.54, 1.807) is 4.90 Å². The van der Waals surface area contributed by atoms with Gasteiger partial charge < -0.3 is 25.4 Å². The summed E-state index contributed by atoms with van der Waals surface area (Å²) in [4.78, 5) is 29.6. The molecule has 2 rings (SSSR count). The zero-order valence-corrected chi connectivity index (χ0v) is 9.51. The minimum atomic E-state index is -0.315. The standard InChI is InChI=1S/C9H13N5O4/c10-9-12-7-6(8(16)13-9)11-3-14(7)4-17-1-2-18-5-15/h5,11H,1-4H2,(H3,10,12,13,16). The number of H-pyrrole nitrogens is 1. The highest BCUT2D eigenvalue weighted by atomic mass is 16.5. The highest BCUT2D eigenvalue weighted by Crippen LogP contribution is 2.24. The van der Waals surface area contributed by atoms with Crippen LogP contribution < -0.4 is 21.5 Å². The van der Waals surface area contributed by atoms with E-state index in [-0.39, 0.29) is 31.5 Å². The Morgan fingerprint density at radius 1 is 1.50 bits per heavy atom. The minimum Gasteiger partial charge on any atom is -0.465 e. The van der Waals surface area contributed by atoms with Gasteiger partial charge in [0.05, 0.1) is 13.3 Å². The summed E-state index contributed by atoms with van der Waals surface area (Å²) in [5, 5.41) is 2.89. The number of nitrogens with one attached hydrogen (secondary N) is 2. The lowest BCUT2D eigenvalue weighted by molar-refractivity contribution is -0.130. The Balaban J connectivity index is 1.95. The van der Waals surface area contributed by atoms with Gasteiger partial charge in [0.25, 0.3) is 12.0 Å². The van der Waals surface area contributed by atoms with Gasteiger partial charge in [-0.1, -0.05) is 0 Å². The molecule has 1 aromatic heterocycles. The molecule has 18 heavy (non-hydrogen) atoms. The van der Waals surface area contributed by atoms with Gasteiger partial charge in [-0.2, -0.15) is 4.98 Å². The maximum atomic E-state index is 11.5. The normalized spacial score (nSPS) is 13.0. The fraction of sp³-hybridized carbons (Fsp3) is 0.444. The van der Waals surface area contributed by atoms with Crippen molar-refractivity contribution in [3.05, 3.63) is 10.4 Å². The van der Waals surface area contributed by atoms with Crippen LogP contribution in [0.25, 0.3) is 0 Å². The molecular formula is C9H13N5O4. The van der Waals surface area contributed by atoms with Crippen molar-refractivity contribution in [2.45, 2.75) is 0 Å². The molecule has 1 aliphatic heterocycles. The summed E-state index contributed by atoms with van der Waals surface area (Å²) in [7, 11) is 0. The number of hydrogen-bond donors (Lipinski definition) is 3. The van der Waals surface area contributed by atoms with Crippen molar-refractivity contribution in [2.24, 2.45) is 0 Å². The van der Waals surface area contributed by atoms with E-state index in [0.29, 0.717) is 24.6 Å². The average Bonchev–Trinajstić information content (AvgIpc) is 2.72. The van der Waals surface area contributed by atoms with Gasteiger partial charge in [-0.05, 0) is 0 Å². The van der Waals surface area contributed by atoms with Gasteiger partial charge >= 0.3 is 0 Å². The first-order valence-electron chi connectivity index (χ1n) is 5.24. The smallest absolute Gasteiger partial charge is 0.293 e. The number of hydrogen-bond acceptors (Lipinski definition) is 8. The number of aromatic amines is 1. The number of nitrogens with zero attached hydrogens (tertiary/aromatic N) is 2. The largest absolute Gasteiger partial charge is 0.465 e. The van der Waals surface area contributed by atoms with Gasteiger partial charge in [0, 0.05) is 0 Å². The Morgan fingerprint density at radius 3 is 3.11 bits per heavy atom. The van der Waals surface area contributed by atoms with Crippen molar-refractivity contribution in [3.8, 4) is 0 Å². The van der Waals surface area contributed by atoms with Crippen molar-refractivity contribution in [1.82, 2.24) is 9.97 Å². The van der Waals surface area contributed by atoms with E-state index in [0.717, 1.165) is 0 Å². The predicted octanol–water partition coefficient (Wildman–Crippen LogP) is -1.31. The van der Waals surface area contributed by atoms with Gasteiger partial charge in [-0.3, -0.25) is 14.6 Å². The van der Waals surface area contributed by atoms with E-state index >= 15 is 0 Å². The molecule has 0 aromatic carbocycles. The lowest BCUT2D eigenvalue weighted by atomic mass is 10.5. The third-order valence-electron chi connectivity index (χ3n) is 2.33. The number of fused-ring (bicyclic) bond motifs is 1. The minimum absolute atomic E-state index is 0.0525. The number of ether oxygens (including phenoxy) is 2. The van der Waals surface area contributed by atoms with Crippen LogP contribution in [-0.4, -0.2) is 43.1 Å². The van der Waals surface area contributed by atoms with Crippen LogP contribution in [0.5, 0.6) is 0 Å². The summed E-state index contributed by atoms with van der Waals surface area (Å²) in [6.07, 6.45) is 0. The molecule has 0 aliphatic carbocycles. The maximum Gasteiger partial charge on any atom is 0.293 e. The zero-order valence-electron chi connectivity index (χ0n) is 9.51. The van der Waals surface area contributed by atoms with Crippen LogP contribution in [-0.2, 0) is 14.3 Å². The van der Waals surface area contributed by atoms with Gasteiger partial charge in [0.1, 0.15) is 19.0 Å². The molecule has 1 aliphatic rings. The molecule has 0 radical (unpaired) electrons. The molecule has 0 spiro atoms. The summed E-state index contributed by atoms with van der Waals surface area (Å²) in [5.74, 6) is 0.504. The van der Waals surface area contributed by atoms with Gasteiger partial charge in [0.2, 0.25) is 5.95 Å². The Morgan fingerprint density at radius 2 is 2.33 bits per heavy atom. The Kier molecular flexibility index (Phi) is 3.63. The van der Waals surface area contributed by atoms with Crippen molar-refractivity contribution < 1.29 is 14.3 Å². The zero-order chi connectivity index (χ0) is 13.0. The second-order valence-electron chi connectivity index (χ2n) is 3.53. The lowest BCUT2D eigenvalue weighted by Crippen LogP contribution is -2.27. The number of nitrogens with two attached hydrogens (primary N) is 1. The molecular weight excluding hydrogens is 242 g/mol. The molecule has 0 fully saturated rings. The summed E-state index contributed by atoms with van der Waals surface area (Å²) >= 11 is 0. The topological polar surface area (TPSA) is 123 Å². The predicted molar refractivity (Wildman–Crippen MR) is 63.1 cm³/mol. The number of nitrogen functional groups attached to an aromatic ring is 1. The molecule has 0 bridgehead atoms. The van der Waals surface area contributed by atoms with Crippen molar-refractivity contribution in [2.75, 3.05) is 42.6 Å². The Hall–Kier alpha value is -2.29. The van der Waals surface area contributed by atoms with Crippen LogP contribution >= 0.6 is 0 Å². The van der Waals surface area contributed by atoms with Crippen molar-refractivity contribution in [1.29, 1.82) is 0 Å². The second-order valence-corrected chi connectivity index (χ2v) is 3.53. The number of aromatic nitrogens is 2. The van der Waals surface area contributed by atoms with E-state index in [1.807, 2.05) is 0 Å². The summed E-state index contributed by atoms with van der Waals surface area (Å²) in [6.45, 7) is 1.44. The Labute approximate surface area is 102 Å². The number of anilines is 3. The average molecular weight is 255 g/mol. The first-order chi connectivity index (χ1) is 8.72. The number of carbonyl (C=O) groups excluding carboxylic acids is 1. The lowest BCUT2D eigenvalue weighted by Gasteiger charge is -2.16. The monoisotopic (exact) mass is 255 g/mol. The molecule has 0 unspecified atom stereocenters. The molecule has 2 heterocycles. The molecule has 1 aromatic rings. The molecule has 98 valence electrons. The SMILES string of the molecule is Nc1nc2c(c(=O)[nH]1)NCN2COCCOC=O. The van der Waals surface area contributed by atoms with E-state index in [9.17, 15) is 9.59 Å². The van der Waals surface area contributed by atoms with Crippen LogP contribution in [0.2, 0.25) is 0 Å². The molecule has 0 amide bonds. The van der Waals surface area contributed by atoms with Crippen LogP contribution in [0.15, 0.2) is 4.79 Å². The third kappa shape index (κ3) is 2.51. The molecule has 0 saturated heterocycles. The quantitative estimate of drug-likeness (QED) is 0.423. The molecule has 9 heteroatoms. The van der Waals surface area contributed by atoms with Crippen molar-refractivity contribution in [3.63, 3.8) is 0 Å². The highest BCUT2D eigenvalue weighted by molar-refractivity contribution is 5.70. The fourth-order valence-electron chi connectivity index (χ4n) is 1.55. The summed E-state index contributed by atoms with van der Waals surface area (Å²) in [5.41, 5.74) is 5.52. The number of rotatable bonds is 6. The van der Waals surface area contributed by atoms with Gasteiger partial charge in [-0.15, -0.1) is 0 Å². The second kappa shape index (κ2) is 5.36. The number of carbonyl (C=O) groups is 1. The first-order valence-corrected chi connectivity index (χ1v) is 5.24. The highest BCUT2D eigenvalue weighted by Gasteiger charge is 2.23. The van der Waals surface area contributed by atoms with Gasteiger partial charge in [-0.25, -0.2) is 0 Å². The molecule has 4 N–H and O–H groups in total. The van der Waals surface area contributed by atoms with Gasteiger partial charge in [0.15, 0.2) is 5.82 Å². The van der Waals surface area contributed by atoms with Crippen LogP contribution in [0.4, 0.5) is 17.5 Å². The summed E-state index contributed by atoms with van der Waals surface area (Å²) < 4.78 is 9.74. The summed E-state index contributed by atoms with van der Waals surface area (Å²) in [6, 6.07) is 0. The van der Waals surface area contributed by atoms with Crippen LogP contribution in [0.1, 0.15) is 0 Å². The third-order valence-corrected chi connectivity index (χ3v) is 2.33. The fourth-order valence-corrected chi connectivity index (χ4v) is 1.55. The molecule has 0 atom stereocenters. The first kappa shape index (κ1) is 12.2. The van der Waals surface area contributed by atoms with E-state index in [4.69, 9.17) is 10.5 Å². The molecule has 0 saturated carbocycles. The van der Waals surface area contributed by atoms with Crippen molar-refractivity contribution >= 4 is 23.9 Å². The van der Waals surface area contributed by atoms with E-state index < -0.39 is 0 Å². The van der Waals surface area contributed by atoms with E-state index in [2.05, 4.69) is 20.0 Å². The van der Waals surface area contributed by atoms with E-state index in [1.165, 1.54) is 0 Å². The maximum absolute atomic E-state index is 11.5. The molecule has 9 nitrogen and oxygen atoms in total. The van der Waals surface area contributed by atoms with Crippen LogP contribution in [0.3, 0.4) is 0 Å². The Bertz CT molecular complexity index is 488. The van der Waals surface area contributed by atoms with Crippen LogP contribution in [0, 0.1) is 0 Å².